The quantitative estimate of drug-likeness (QED) is 0.649. The van der Waals surface area contributed by atoms with Crippen LogP contribution in [0.3, 0.4) is 0 Å². The van der Waals surface area contributed by atoms with Gasteiger partial charge in [0, 0.05) is 26.1 Å². The van der Waals surface area contributed by atoms with Gasteiger partial charge in [0.15, 0.2) is 0 Å². The molecule has 2 rings (SSSR count). The van der Waals surface area contributed by atoms with E-state index in [2.05, 4.69) is 20.9 Å². The van der Waals surface area contributed by atoms with Gasteiger partial charge in [0.05, 0.1) is 15.5 Å². The van der Waals surface area contributed by atoms with Crippen LogP contribution in [0.5, 0.6) is 0 Å². The van der Waals surface area contributed by atoms with Crippen LogP contribution in [0.1, 0.15) is 6.42 Å². The molecule has 0 aliphatic carbocycles. The fourth-order valence-electron chi connectivity index (χ4n) is 2.17. The van der Waals surface area contributed by atoms with Gasteiger partial charge in [-0.1, -0.05) is 0 Å². The van der Waals surface area contributed by atoms with Crippen molar-refractivity contribution in [3.05, 3.63) is 26.9 Å². The van der Waals surface area contributed by atoms with E-state index in [0.29, 0.717) is 23.3 Å². The minimum Gasteiger partial charge on any atom is -0.480 e. The number of methoxy groups -OCH3 is 1. The lowest BCUT2D eigenvalue weighted by Crippen LogP contribution is -2.36. The molecule has 108 valence electrons. The highest BCUT2D eigenvalue weighted by Crippen LogP contribution is 2.33. The van der Waals surface area contributed by atoms with Crippen LogP contribution in [0.25, 0.3) is 0 Å². The zero-order valence-electron chi connectivity index (χ0n) is 10.5. The van der Waals surface area contributed by atoms with Crippen molar-refractivity contribution in [1.82, 2.24) is 4.98 Å². The van der Waals surface area contributed by atoms with Crippen LogP contribution in [0, 0.1) is 10.1 Å². The van der Waals surface area contributed by atoms with Gasteiger partial charge in [0.1, 0.15) is 18.1 Å². The molecule has 9 heteroatoms. The normalized spacial score (nSPS) is 22.0. The summed E-state index contributed by atoms with van der Waals surface area (Å²) in [5, 5.41) is 19.9. The van der Waals surface area contributed by atoms with E-state index < -0.39 is 16.9 Å². The van der Waals surface area contributed by atoms with Crippen molar-refractivity contribution in [2.45, 2.75) is 18.6 Å². The van der Waals surface area contributed by atoms with E-state index in [1.165, 1.54) is 13.2 Å². The summed E-state index contributed by atoms with van der Waals surface area (Å²) in [4.78, 5) is 27.0. The molecular weight excluding hydrogens is 334 g/mol. The second-order valence-electron chi connectivity index (χ2n) is 4.36. The molecule has 8 nitrogen and oxygen atoms in total. The summed E-state index contributed by atoms with van der Waals surface area (Å²) in [5.41, 5.74) is -0.157. The van der Waals surface area contributed by atoms with Gasteiger partial charge in [-0.2, -0.15) is 0 Å². The molecular formula is C11H12BrN3O5. The zero-order chi connectivity index (χ0) is 14.9. The Bertz CT molecular complexity index is 553. The number of nitrogens with zero attached hydrogens (tertiary/aromatic N) is 3. The van der Waals surface area contributed by atoms with E-state index in [1.54, 1.807) is 4.90 Å². The number of rotatable bonds is 4. The Balaban J connectivity index is 2.34. The minimum atomic E-state index is -0.975. The molecule has 2 heterocycles. The number of anilines is 1. The first-order chi connectivity index (χ1) is 9.43. The van der Waals surface area contributed by atoms with Crippen LogP contribution in [-0.2, 0) is 9.53 Å². The van der Waals surface area contributed by atoms with Gasteiger partial charge in [-0.3, -0.25) is 10.1 Å². The zero-order valence-corrected chi connectivity index (χ0v) is 12.1. The molecule has 1 aliphatic rings. The predicted molar refractivity (Wildman–Crippen MR) is 72.8 cm³/mol. The fourth-order valence-corrected chi connectivity index (χ4v) is 2.73. The third kappa shape index (κ3) is 2.73. The van der Waals surface area contributed by atoms with Crippen LogP contribution in [0.15, 0.2) is 16.7 Å². The van der Waals surface area contributed by atoms with Crippen LogP contribution in [0.4, 0.5) is 11.5 Å². The molecule has 20 heavy (non-hydrogen) atoms. The number of carboxylic acid groups (broad SMARTS) is 1. The lowest BCUT2D eigenvalue weighted by Gasteiger charge is -2.23. The Labute approximate surface area is 122 Å². The molecule has 0 spiro atoms. The Morgan fingerprint density at radius 3 is 2.90 bits per heavy atom. The van der Waals surface area contributed by atoms with Crippen LogP contribution in [-0.4, -0.2) is 46.8 Å². The molecule has 0 bridgehead atoms. The van der Waals surface area contributed by atoms with Crippen LogP contribution < -0.4 is 4.90 Å². The van der Waals surface area contributed by atoms with E-state index in [9.17, 15) is 20.0 Å². The summed E-state index contributed by atoms with van der Waals surface area (Å²) in [6.07, 6.45) is 1.25. The third-order valence-corrected chi connectivity index (χ3v) is 3.75. The standard InChI is InChI=1S/C11H12BrN3O5/c1-20-7-3-9(11(16)17)14(5-7)10-8(12)2-6(4-13-10)15(18)19/h2,4,7,9H,3,5H2,1H3,(H,16,17). The first kappa shape index (κ1) is 14.7. The summed E-state index contributed by atoms with van der Waals surface area (Å²) in [6, 6.07) is 0.548. The van der Waals surface area contributed by atoms with Gasteiger partial charge in [-0.05, 0) is 15.9 Å². The molecule has 1 fully saturated rings. The molecule has 1 aliphatic heterocycles. The van der Waals surface area contributed by atoms with Crippen LogP contribution in [0.2, 0.25) is 0 Å². The maximum atomic E-state index is 11.3. The second-order valence-corrected chi connectivity index (χ2v) is 5.21. The third-order valence-electron chi connectivity index (χ3n) is 3.17. The Morgan fingerprint density at radius 2 is 2.40 bits per heavy atom. The second kappa shape index (κ2) is 5.71. The van der Waals surface area contributed by atoms with E-state index in [0.717, 1.165) is 6.20 Å². The number of aromatic nitrogens is 1. The average Bonchev–Trinajstić information content (AvgIpc) is 2.82. The SMILES string of the molecule is COC1CC(C(=O)O)N(c2ncc([N+](=O)[O-])cc2Br)C1. The Hall–Kier alpha value is -1.74. The van der Waals surface area contributed by atoms with E-state index >= 15 is 0 Å². The average molecular weight is 346 g/mol. The number of nitro groups is 1. The van der Waals surface area contributed by atoms with Crippen molar-refractivity contribution >= 4 is 33.4 Å². The molecule has 0 saturated carbocycles. The maximum absolute atomic E-state index is 11.3. The van der Waals surface area contributed by atoms with Gasteiger partial charge in [-0.15, -0.1) is 0 Å². The van der Waals surface area contributed by atoms with Crippen molar-refractivity contribution in [2.24, 2.45) is 0 Å². The van der Waals surface area contributed by atoms with Crippen molar-refractivity contribution < 1.29 is 19.6 Å². The number of hydrogen-bond acceptors (Lipinski definition) is 6. The lowest BCUT2D eigenvalue weighted by molar-refractivity contribution is -0.385. The van der Waals surface area contributed by atoms with Gasteiger partial charge >= 0.3 is 5.97 Å². The van der Waals surface area contributed by atoms with Crippen molar-refractivity contribution in [1.29, 1.82) is 0 Å². The summed E-state index contributed by atoms with van der Waals surface area (Å²) in [6.45, 7) is 0.372. The Morgan fingerprint density at radius 1 is 1.70 bits per heavy atom. The molecule has 0 amide bonds. The molecule has 0 radical (unpaired) electrons. The van der Waals surface area contributed by atoms with Crippen LogP contribution >= 0.6 is 15.9 Å². The molecule has 1 aromatic heterocycles. The number of hydrogen-bond donors (Lipinski definition) is 1. The number of aliphatic carboxylic acids is 1. The number of halogens is 1. The highest BCUT2D eigenvalue weighted by molar-refractivity contribution is 9.10. The van der Waals surface area contributed by atoms with Crippen molar-refractivity contribution in [3.8, 4) is 0 Å². The van der Waals surface area contributed by atoms with E-state index in [1.807, 2.05) is 0 Å². The smallest absolute Gasteiger partial charge is 0.326 e. The van der Waals surface area contributed by atoms with Gasteiger partial charge in [-0.25, -0.2) is 9.78 Å². The maximum Gasteiger partial charge on any atom is 0.326 e. The molecule has 0 aromatic carbocycles. The minimum absolute atomic E-state index is 0.157. The Kier molecular flexibility index (Phi) is 4.19. The monoisotopic (exact) mass is 345 g/mol. The molecule has 1 N–H and O–H groups in total. The predicted octanol–water partition coefficient (Wildman–Crippen LogP) is 1.43. The summed E-state index contributed by atoms with van der Waals surface area (Å²) in [7, 11) is 1.52. The van der Waals surface area contributed by atoms with Crippen molar-refractivity contribution in [2.75, 3.05) is 18.6 Å². The van der Waals surface area contributed by atoms with Gasteiger partial charge in [0.25, 0.3) is 5.69 Å². The van der Waals surface area contributed by atoms with Gasteiger partial charge in [0.2, 0.25) is 0 Å². The summed E-state index contributed by atoms with van der Waals surface area (Å²) in [5.74, 6) is -0.612. The number of ether oxygens (including phenoxy) is 1. The largest absolute Gasteiger partial charge is 0.480 e. The first-order valence-corrected chi connectivity index (χ1v) is 6.55. The highest BCUT2D eigenvalue weighted by Gasteiger charge is 2.38. The first-order valence-electron chi connectivity index (χ1n) is 5.76. The fraction of sp³-hybridized carbons (Fsp3) is 0.455. The molecule has 2 unspecified atom stereocenters. The van der Waals surface area contributed by atoms with E-state index in [-0.39, 0.29) is 11.8 Å². The lowest BCUT2D eigenvalue weighted by atomic mass is 10.2. The van der Waals surface area contributed by atoms with E-state index in [4.69, 9.17) is 4.74 Å². The summed E-state index contributed by atoms with van der Waals surface area (Å²) < 4.78 is 5.57. The topological polar surface area (TPSA) is 106 Å². The molecule has 1 saturated heterocycles. The molecule has 2 atom stereocenters. The van der Waals surface area contributed by atoms with Gasteiger partial charge < -0.3 is 14.7 Å². The van der Waals surface area contributed by atoms with Crippen molar-refractivity contribution in [3.63, 3.8) is 0 Å². The summed E-state index contributed by atoms with van der Waals surface area (Å²) >= 11 is 3.20. The highest BCUT2D eigenvalue weighted by atomic mass is 79.9. The number of carbonyl (C=O) groups is 1. The number of pyridine rings is 1. The number of carboxylic acids is 1. The molecule has 1 aromatic rings.